The monoisotopic (exact) mass is 346 g/mol. The van der Waals surface area contributed by atoms with Crippen LogP contribution in [0, 0.1) is 0 Å². The maximum atomic E-state index is 12.3. The summed E-state index contributed by atoms with van der Waals surface area (Å²) in [5, 5.41) is 0. The summed E-state index contributed by atoms with van der Waals surface area (Å²) in [6, 6.07) is 17.4. The number of carbonyl (C=O) groups excluding carboxylic acids is 2. The van der Waals surface area contributed by atoms with E-state index in [4.69, 9.17) is 9.47 Å². The molecule has 1 aliphatic rings. The molecular formula is C17H14O4S2. The van der Waals surface area contributed by atoms with Gasteiger partial charge in [0.05, 0.1) is 22.6 Å². The minimum atomic E-state index is -1.23. The molecule has 0 saturated carbocycles. The summed E-state index contributed by atoms with van der Waals surface area (Å²) in [5.41, 5.74) is 0.870. The van der Waals surface area contributed by atoms with E-state index in [2.05, 4.69) is 0 Å². The van der Waals surface area contributed by atoms with Gasteiger partial charge in [-0.05, 0) is 24.3 Å². The van der Waals surface area contributed by atoms with Gasteiger partial charge in [-0.15, -0.1) is 0 Å². The van der Waals surface area contributed by atoms with E-state index in [1.54, 1.807) is 48.5 Å². The lowest BCUT2D eigenvalue weighted by molar-refractivity contribution is -0.135. The smallest absolute Gasteiger partial charge is 0.341 e. The fourth-order valence-corrected chi connectivity index (χ4v) is 4.72. The molecule has 0 unspecified atom stereocenters. The third-order valence-corrected chi connectivity index (χ3v) is 5.71. The molecule has 1 aliphatic heterocycles. The second kappa shape index (κ2) is 7.10. The Morgan fingerprint density at radius 2 is 1.13 bits per heavy atom. The summed E-state index contributed by atoms with van der Waals surface area (Å²) in [5.74, 6) is -1.39. The highest BCUT2D eigenvalue weighted by atomic mass is 33.1. The minimum Gasteiger partial charge on any atom is -0.417 e. The van der Waals surface area contributed by atoms with Crippen molar-refractivity contribution in [3.63, 3.8) is 0 Å². The van der Waals surface area contributed by atoms with Gasteiger partial charge < -0.3 is 9.47 Å². The molecule has 0 spiro atoms. The maximum Gasteiger partial charge on any atom is 0.341 e. The van der Waals surface area contributed by atoms with E-state index >= 15 is 0 Å². The lowest BCUT2D eigenvalue weighted by atomic mass is 10.2. The van der Waals surface area contributed by atoms with Crippen molar-refractivity contribution in [2.75, 3.05) is 11.5 Å². The van der Waals surface area contributed by atoms with Gasteiger partial charge in [0.2, 0.25) is 0 Å². The highest BCUT2D eigenvalue weighted by Crippen LogP contribution is 2.41. The SMILES string of the molecule is O=C(OC1(OC(=O)c2ccccc2)CSSC1)c1ccccc1. The summed E-state index contributed by atoms with van der Waals surface area (Å²) in [7, 11) is 3.04. The molecule has 0 radical (unpaired) electrons. The Morgan fingerprint density at radius 3 is 1.52 bits per heavy atom. The predicted molar refractivity (Wildman–Crippen MR) is 91.4 cm³/mol. The van der Waals surface area contributed by atoms with Crippen LogP contribution >= 0.6 is 21.6 Å². The number of ether oxygens (including phenoxy) is 2. The first-order chi connectivity index (χ1) is 11.2. The zero-order valence-corrected chi connectivity index (χ0v) is 13.8. The molecule has 1 heterocycles. The largest absolute Gasteiger partial charge is 0.417 e. The normalized spacial score (nSPS) is 15.8. The predicted octanol–water partition coefficient (Wildman–Crippen LogP) is 3.79. The molecule has 4 nitrogen and oxygen atoms in total. The van der Waals surface area contributed by atoms with Crippen molar-refractivity contribution in [1.29, 1.82) is 0 Å². The summed E-state index contributed by atoms with van der Waals surface area (Å²) < 4.78 is 11.1. The third kappa shape index (κ3) is 3.89. The van der Waals surface area contributed by atoms with Crippen LogP contribution in [0.5, 0.6) is 0 Å². The van der Waals surface area contributed by atoms with Crippen molar-refractivity contribution >= 4 is 33.5 Å². The Balaban J connectivity index is 1.75. The van der Waals surface area contributed by atoms with Crippen LogP contribution in [0.4, 0.5) is 0 Å². The van der Waals surface area contributed by atoms with E-state index in [0.717, 1.165) is 0 Å². The zero-order chi connectivity index (χ0) is 16.1. The lowest BCUT2D eigenvalue weighted by Gasteiger charge is -2.27. The second-order valence-corrected chi connectivity index (χ2v) is 7.41. The van der Waals surface area contributed by atoms with Gasteiger partial charge in [0.1, 0.15) is 0 Å². The van der Waals surface area contributed by atoms with Crippen molar-refractivity contribution in [2.45, 2.75) is 5.79 Å². The molecule has 0 atom stereocenters. The van der Waals surface area contributed by atoms with E-state index in [-0.39, 0.29) is 0 Å². The maximum absolute atomic E-state index is 12.3. The standard InChI is InChI=1S/C17H14O4S2/c18-15(13-7-3-1-4-8-13)20-17(11-22-23-12-17)21-16(19)14-9-5-2-6-10-14/h1-10H,11-12H2. The van der Waals surface area contributed by atoms with Crippen LogP contribution in [-0.2, 0) is 9.47 Å². The van der Waals surface area contributed by atoms with E-state index in [1.165, 1.54) is 21.6 Å². The lowest BCUT2D eigenvalue weighted by Crippen LogP contribution is -2.42. The second-order valence-electron chi connectivity index (χ2n) is 4.95. The van der Waals surface area contributed by atoms with E-state index in [0.29, 0.717) is 22.6 Å². The van der Waals surface area contributed by atoms with Gasteiger partial charge in [0.25, 0.3) is 5.79 Å². The van der Waals surface area contributed by atoms with Crippen molar-refractivity contribution in [3.05, 3.63) is 71.8 Å². The van der Waals surface area contributed by atoms with Gasteiger partial charge in [-0.25, -0.2) is 9.59 Å². The fraction of sp³-hybridized carbons (Fsp3) is 0.176. The molecule has 0 N–H and O–H groups in total. The number of benzene rings is 2. The van der Waals surface area contributed by atoms with Crippen LogP contribution in [0.15, 0.2) is 60.7 Å². The molecular weight excluding hydrogens is 332 g/mol. The van der Waals surface area contributed by atoms with Crippen molar-refractivity contribution in [2.24, 2.45) is 0 Å². The Bertz CT molecular complexity index is 627. The first kappa shape index (κ1) is 16.0. The number of hydrogen-bond acceptors (Lipinski definition) is 6. The van der Waals surface area contributed by atoms with Gasteiger partial charge >= 0.3 is 11.9 Å². The Labute approximate surface area is 142 Å². The number of rotatable bonds is 4. The van der Waals surface area contributed by atoms with Gasteiger partial charge in [-0.3, -0.25) is 0 Å². The molecule has 0 aromatic heterocycles. The van der Waals surface area contributed by atoms with Gasteiger partial charge in [-0.1, -0.05) is 58.0 Å². The van der Waals surface area contributed by atoms with Gasteiger partial charge in [0.15, 0.2) is 0 Å². The molecule has 2 aromatic carbocycles. The fourth-order valence-electron chi connectivity index (χ4n) is 2.05. The molecule has 3 rings (SSSR count). The summed E-state index contributed by atoms with van der Waals surface area (Å²) >= 11 is 0. The van der Waals surface area contributed by atoms with Crippen LogP contribution in [0.1, 0.15) is 20.7 Å². The Kier molecular flexibility index (Phi) is 4.93. The molecule has 0 amide bonds. The molecule has 118 valence electrons. The van der Waals surface area contributed by atoms with Crippen molar-refractivity contribution in [1.82, 2.24) is 0 Å². The zero-order valence-electron chi connectivity index (χ0n) is 12.1. The molecule has 0 bridgehead atoms. The molecule has 1 fully saturated rings. The molecule has 0 aliphatic carbocycles. The first-order valence-electron chi connectivity index (χ1n) is 7.00. The molecule has 6 heteroatoms. The van der Waals surface area contributed by atoms with E-state index in [1.807, 2.05) is 12.1 Å². The molecule has 23 heavy (non-hydrogen) atoms. The van der Waals surface area contributed by atoms with Crippen molar-refractivity contribution in [3.8, 4) is 0 Å². The summed E-state index contributed by atoms with van der Waals surface area (Å²) in [6.07, 6.45) is 0. The first-order valence-corrected chi connectivity index (χ1v) is 9.49. The highest BCUT2D eigenvalue weighted by Gasteiger charge is 2.43. The van der Waals surface area contributed by atoms with Crippen LogP contribution < -0.4 is 0 Å². The van der Waals surface area contributed by atoms with Crippen molar-refractivity contribution < 1.29 is 19.1 Å². The quantitative estimate of drug-likeness (QED) is 0.477. The van der Waals surface area contributed by atoms with E-state index < -0.39 is 17.7 Å². The van der Waals surface area contributed by atoms with Gasteiger partial charge in [0, 0.05) is 0 Å². The number of hydrogen-bond donors (Lipinski definition) is 0. The average molecular weight is 346 g/mol. The molecule has 1 saturated heterocycles. The average Bonchev–Trinajstić information content (AvgIpc) is 3.04. The van der Waals surface area contributed by atoms with Crippen LogP contribution in [-0.4, -0.2) is 29.2 Å². The Hall–Kier alpha value is -1.92. The number of carbonyl (C=O) groups is 2. The highest BCUT2D eigenvalue weighted by molar-refractivity contribution is 8.77. The van der Waals surface area contributed by atoms with Crippen LogP contribution in [0.25, 0.3) is 0 Å². The minimum absolute atomic E-state index is 0.412. The number of esters is 2. The Morgan fingerprint density at radius 1 is 0.739 bits per heavy atom. The van der Waals surface area contributed by atoms with Crippen LogP contribution in [0.2, 0.25) is 0 Å². The topological polar surface area (TPSA) is 52.6 Å². The summed E-state index contributed by atoms with van der Waals surface area (Å²) in [4.78, 5) is 24.6. The summed E-state index contributed by atoms with van der Waals surface area (Å²) in [6.45, 7) is 0. The molecule has 2 aromatic rings. The third-order valence-electron chi connectivity index (χ3n) is 3.22. The van der Waals surface area contributed by atoms with Crippen LogP contribution in [0.3, 0.4) is 0 Å². The van der Waals surface area contributed by atoms with Gasteiger partial charge in [-0.2, -0.15) is 0 Å². The van der Waals surface area contributed by atoms with E-state index in [9.17, 15) is 9.59 Å².